The maximum absolute atomic E-state index is 12.3. The molecule has 0 atom stereocenters. The van der Waals surface area contributed by atoms with Crippen LogP contribution in [0.2, 0.25) is 0 Å². The van der Waals surface area contributed by atoms with Gasteiger partial charge in [-0.15, -0.1) is 0 Å². The Hall–Kier alpha value is -1.75. The smallest absolute Gasteiger partial charge is 0.268 e. The van der Waals surface area contributed by atoms with Crippen LogP contribution in [0, 0.1) is 20.8 Å². The lowest BCUT2D eigenvalue weighted by Crippen LogP contribution is -2.27. The third kappa shape index (κ3) is 2.88. The highest BCUT2D eigenvalue weighted by Gasteiger charge is 2.12. The highest BCUT2D eigenvalue weighted by Crippen LogP contribution is 2.11. The van der Waals surface area contributed by atoms with Crippen LogP contribution in [0.3, 0.4) is 0 Å². The first-order valence-corrected chi connectivity index (χ1v) is 7.02. The van der Waals surface area contributed by atoms with E-state index < -0.39 is 0 Å². The van der Waals surface area contributed by atoms with Crippen LogP contribution in [-0.4, -0.2) is 15.3 Å². The Labute approximate surface area is 125 Å². The van der Waals surface area contributed by atoms with Crippen molar-refractivity contribution >= 4 is 21.7 Å². The summed E-state index contributed by atoms with van der Waals surface area (Å²) in [4.78, 5) is 28.4. The summed E-state index contributed by atoms with van der Waals surface area (Å²) in [7, 11) is 0. The van der Waals surface area contributed by atoms with E-state index in [1.165, 1.54) is 10.8 Å². The molecule has 0 aliphatic carbocycles. The van der Waals surface area contributed by atoms with Crippen LogP contribution in [-0.2, 0) is 6.54 Å². The molecule has 0 aliphatic heterocycles. The first kappa shape index (κ1) is 14.7. The molecule has 0 spiro atoms. The summed E-state index contributed by atoms with van der Waals surface area (Å²) in [6.07, 6.45) is 1.45. The van der Waals surface area contributed by atoms with Crippen LogP contribution in [0.5, 0.6) is 0 Å². The minimum atomic E-state index is -0.241. The van der Waals surface area contributed by atoms with Gasteiger partial charge in [0.15, 0.2) is 5.78 Å². The Morgan fingerprint density at radius 1 is 1.25 bits per heavy atom. The van der Waals surface area contributed by atoms with Gasteiger partial charge in [0.05, 0.1) is 6.54 Å². The third-order valence-corrected chi connectivity index (χ3v) is 3.88. The van der Waals surface area contributed by atoms with Crippen molar-refractivity contribution in [1.29, 1.82) is 0 Å². The Bertz CT molecular complexity index is 735. The highest BCUT2D eigenvalue weighted by molar-refractivity contribution is 9.10. The van der Waals surface area contributed by atoms with Crippen LogP contribution in [0.15, 0.2) is 33.7 Å². The number of aryl methyl sites for hydroxylation is 3. The lowest BCUT2D eigenvalue weighted by atomic mass is 10.0. The molecule has 5 heteroatoms. The summed E-state index contributed by atoms with van der Waals surface area (Å²) in [6, 6.07) is 5.55. The van der Waals surface area contributed by atoms with Gasteiger partial charge in [-0.25, -0.2) is 4.98 Å². The SMILES string of the molecule is Cc1ccc(C(=O)Cn2c(C)ncc(Br)c2=O)cc1C. The van der Waals surface area contributed by atoms with Gasteiger partial charge in [0, 0.05) is 11.8 Å². The number of nitrogens with zero attached hydrogens (tertiary/aromatic N) is 2. The van der Waals surface area contributed by atoms with Crippen LogP contribution in [0.25, 0.3) is 0 Å². The highest BCUT2D eigenvalue weighted by atomic mass is 79.9. The van der Waals surface area contributed by atoms with Crippen molar-refractivity contribution in [2.45, 2.75) is 27.3 Å². The molecular formula is C15H15BrN2O2. The lowest BCUT2D eigenvalue weighted by molar-refractivity contribution is 0.0969. The van der Waals surface area contributed by atoms with Gasteiger partial charge in [-0.3, -0.25) is 14.2 Å². The second-order valence-electron chi connectivity index (χ2n) is 4.77. The summed E-state index contributed by atoms with van der Waals surface area (Å²) in [5, 5.41) is 0. The standard InChI is InChI=1S/C15H15BrN2O2/c1-9-4-5-12(6-10(9)2)14(19)8-18-11(3)17-7-13(16)15(18)20/h4-7H,8H2,1-3H3. The number of benzene rings is 1. The Balaban J connectivity index is 2.35. The molecule has 0 aliphatic rings. The molecule has 0 N–H and O–H groups in total. The molecule has 1 heterocycles. The molecule has 0 unspecified atom stereocenters. The van der Waals surface area contributed by atoms with Gasteiger partial charge in [0.25, 0.3) is 5.56 Å². The van der Waals surface area contributed by atoms with Crippen LogP contribution < -0.4 is 5.56 Å². The molecule has 4 nitrogen and oxygen atoms in total. The fourth-order valence-corrected chi connectivity index (χ4v) is 2.20. The zero-order valence-corrected chi connectivity index (χ0v) is 13.2. The average Bonchev–Trinajstić information content (AvgIpc) is 2.42. The normalized spacial score (nSPS) is 10.6. The number of ketones is 1. The van der Waals surface area contributed by atoms with E-state index in [9.17, 15) is 9.59 Å². The Morgan fingerprint density at radius 2 is 1.95 bits per heavy atom. The van der Waals surface area contributed by atoms with Gasteiger partial charge in [-0.2, -0.15) is 0 Å². The van der Waals surface area contributed by atoms with E-state index in [4.69, 9.17) is 0 Å². The van der Waals surface area contributed by atoms with Gasteiger partial charge >= 0.3 is 0 Å². The predicted octanol–water partition coefficient (Wildman–Crippen LogP) is 2.81. The zero-order valence-electron chi connectivity index (χ0n) is 11.6. The van der Waals surface area contributed by atoms with Crippen molar-refractivity contribution in [3.63, 3.8) is 0 Å². The van der Waals surface area contributed by atoms with Crippen molar-refractivity contribution < 1.29 is 4.79 Å². The minimum absolute atomic E-state index is 0.000389. The molecule has 0 radical (unpaired) electrons. The quantitative estimate of drug-likeness (QED) is 0.811. The van der Waals surface area contributed by atoms with Gasteiger partial charge in [-0.1, -0.05) is 12.1 Å². The Kier molecular flexibility index (Phi) is 4.18. The number of aromatic nitrogens is 2. The van der Waals surface area contributed by atoms with Gasteiger partial charge in [-0.05, 0) is 53.9 Å². The number of Topliss-reactive ketones (excluding diaryl/α,β-unsaturated/α-hetero) is 1. The second-order valence-corrected chi connectivity index (χ2v) is 5.62. The van der Waals surface area contributed by atoms with Gasteiger partial charge < -0.3 is 0 Å². The van der Waals surface area contributed by atoms with E-state index in [1.54, 1.807) is 13.0 Å². The summed E-state index contributed by atoms with van der Waals surface area (Å²) >= 11 is 3.14. The molecule has 2 rings (SSSR count). The van der Waals surface area contributed by atoms with Crippen molar-refractivity contribution in [1.82, 2.24) is 9.55 Å². The molecule has 0 amide bonds. The number of rotatable bonds is 3. The third-order valence-electron chi connectivity index (χ3n) is 3.34. The van der Waals surface area contributed by atoms with E-state index in [-0.39, 0.29) is 17.9 Å². The number of hydrogen-bond acceptors (Lipinski definition) is 3. The van der Waals surface area contributed by atoms with Crippen LogP contribution in [0.1, 0.15) is 27.3 Å². The molecule has 0 fully saturated rings. The molecule has 0 saturated carbocycles. The maximum Gasteiger partial charge on any atom is 0.268 e. The molecule has 20 heavy (non-hydrogen) atoms. The molecule has 1 aromatic carbocycles. The van der Waals surface area contributed by atoms with Gasteiger partial charge in [0.1, 0.15) is 10.3 Å². The van der Waals surface area contributed by atoms with Crippen molar-refractivity contribution in [3.8, 4) is 0 Å². The predicted molar refractivity (Wildman–Crippen MR) is 81.2 cm³/mol. The fraction of sp³-hybridized carbons (Fsp3) is 0.267. The van der Waals surface area contributed by atoms with E-state index in [2.05, 4.69) is 20.9 Å². The average molecular weight is 335 g/mol. The monoisotopic (exact) mass is 334 g/mol. The van der Waals surface area contributed by atoms with E-state index in [0.29, 0.717) is 15.9 Å². The number of carbonyl (C=O) groups is 1. The van der Waals surface area contributed by atoms with E-state index in [1.807, 2.05) is 26.0 Å². The fourth-order valence-electron chi connectivity index (χ4n) is 1.89. The van der Waals surface area contributed by atoms with Crippen molar-refractivity contribution in [2.75, 3.05) is 0 Å². The number of hydrogen-bond donors (Lipinski definition) is 0. The number of carbonyl (C=O) groups excluding carboxylic acids is 1. The Morgan fingerprint density at radius 3 is 2.60 bits per heavy atom. The summed E-state index contributed by atoms with van der Waals surface area (Å²) in [5.74, 6) is 0.425. The minimum Gasteiger partial charge on any atom is -0.292 e. The van der Waals surface area contributed by atoms with Gasteiger partial charge in [0.2, 0.25) is 0 Å². The summed E-state index contributed by atoms with van der Waals surface area (Å²) in [6.45, 7) is 5.67. The molecule has 104 valence electrons. The van der Waals surface area contributed by atoms with E-state index in [0.717, 1.165) is 11.1 Å². The molecule has 2 aromatic rings. The first-order chi connectivity index (χ1) is 9.40. The number of halogens is 1. The molecule has 0 saturated heterocycles. The molecular weight excluding hydrogens is 320 g/mol. The topological polar surface area (TPSA) is 52.0 Å². The van der Waals surface area contributed by atoms with E-state index >= 15 is 0 Å². The van der Waals surface area contributed by atoms with Crippen LogP contribution in [0.4, 0.5) is 0 Å². The largest absolute Gasteiger partial charge is 0.292 e. The lowest BCUT2D eigenvalue weighted by Gasteiger charge is -2.09. The maximum atomic E-state index is 12.3. The summed E-state index contributed by atoms with van der Waals surface area (Å²) < 4.78 is 1.73. The van der Waals surface area contributed by atoms with Crippen LogP contribution >= 0.6 is 15.9 Å². The summed E-state index contributed by atoms with van der Waals surface area (Å²) in [5.41, 5.74) is 2.57. The second kappa shape index (κ2) is 5.71. The van der Waals surface area contributed by atoms with Crippen molar-refractivity contribution in [2.24, 2.45) is 0 Å². The molecule has 1 aromatic heterocycles. The first-order valence-electron chi connectivity index (χ1n) is 6.22. The van der Waals surface area contributed by atoms with Crippen molar-refractivity contribution in [3.05, 3.63) is 61.7 Å². The zero-order chi connectivity index (χ0) is 14.9. The molecule has 0 bridgehead atoms.